The van der Waals surface area contributed by atoms with Crippen LogP contribution in [-0.2, 0) is 4.74 Å². The van der Waals surface area contributed by atoms with Crippen molar-refractivity contribution in [3.05, 3.63) is 47.5 Å². The Morgan fingerprint density at radius 3 is 2.58 bits per heavy atom. The first-order chi connectivity index (χ1) is 12.6. The molecule has 1 amide bonds. The summed E-state index contributed by atoms with van der Waals surface area (Å²) < 4.78 is 8.64. The van der Waals surface area contributed by atoms with E-state index in [1.54, 1.807) is 11.3 Å². The molecule has 1 N–H and O–H groups in total. The molecule has 0 spiro atoms. The minimum atomic E-state index is -0.0683. The Balaban J connectivity index is 1.53. The molecule has 1 aliphatic rings. The summed E-state index contributed by atoms with van der Waals surface area (Å²) in [6.45, 7) is 7.55. The van der Waals surface area contributed by atoms with E-state index in [0.29, 0.717) is 5.69 Å². The fourth-order valence-corrected chi connectivity index (χ4v) is 4.26. The summed E-state index contributed by atoms with van der Waals surface area (Å²) in [5.74, 6) is -0.0683. The molecule has 1 saturated heterocycles. The molecule has 0 atom stereocenters. The zero-order valence-corrected chi connectivity index (χ0v) is 15.9. The van der Waals surface area contributed by atoms with Crippen LogP contribution in [0.1, 0.15) is 30.4 Å². The lowest BCUT2D eigenvalue weighted by Gasteiger charge is -2.28. The van der Waals surface area contributed by atoms with Crippen molar-refractivity contribution in [1.29, 1.82) is 0 Å². The summed E-state index contributed by atoms with van der Waals surface area (Å²) in [5.41, 5.74) is 3.81. The number of rotatable bonds is 4. The molecular formula is C20H23N3O2S. The summed E-state index contributed by atoms with van der Waals surface area (Å²) in [5, 5.41) is 5.10. The van der Waals surface area contributed by atoms with Crippen molar-refractivity contribution in [3.8, 4) is 0 Å². The Morgan fingerprint density at radius 1 is 1.15 bits per heavy atom. The molecule has 0 saturated carbocycles. The first-order valence-electron chi connectivity index (χ1n) is 8.96. The average molecular weight is 369 g/mol. The molecule has 3 heterocycles. The van der Waals surface area contributed by atoms with Gasteiger partial charge in [0.1, 0.15) is 5.69 Å². The van der Waals surface area contributed by atoms with Crippen LogP contribution < -0.4 is 10.2 Å². The summed E-state index contributed by atoms with van der Waals surface area (Å²) in [6, 6.07) is 12.3. The normalized spacial score (nSPS) is 15.0. The van der Waals surface area contributed by atoms with Crippen LogP contribution in [0.25, 0.3) is 10.2 Å². The number of carbonyl (C=O) groups excluding carboxylic acids is 1. The topological polar surface area (TPSA) is 46.5 Å². The van der Waals surface area contributed by atoms with Crippen LogP contribution in [0.5, 0.6) is 0 Å². The molecule has 136 valence electrons. The van der Waals surface area contributed by atoms with Crippen molar-refractivity contribution >= 4 is 38.8 Å². The molecular weight excluding hydrogens is 346 g/mol. The van der Waals surface area contributed by atoms with Gasteiger partial charge in [0.15, 0.2) is 0 Å². The number of ether oxygens (including phenoxy) is 1. The molecule has 4 rings (SSSR count). The molecule has 5 nitrogen and oxygen atoms in total. The highest BCUT2D eigenvalue weighted by atomic mass is 32.1. The van der Waals surface area contributed by atoms with Crippen molar-refractivity contribution in [1.82, 2.24) is 4.57 Å². The predicted octanol–water partition coefficient (Wildman–Crippen LogP) is 4.37. The van der Waals surface area contributed by atoms with E-state index in [0.717, 1.165) is 47.9 Å². The molecule has 0 radical (unpaired) electrons. The molecule has 1 aliphatic heterocycles. The van der Waals surface area contributed by atoms with Gasteiger partial charge in [-0.1, -0.05) is 0 Å². The standard InChI is InChI=1S/C20H23N3O2S/c1-14(2)23-17-7-12-26-19(17)13-18(23)20(24)21-15-3-5-16(6-4-15)22-8-10-25-11-9-22/h3-7,12-14H,8-11H2,1-2H3,(H,21,24). The largest absolute Gasteiger partial charge is 0.378 e. The molecule has 3 aromatic rings. The second-order valence-corrected chi connectivity index (χ2v) is 7.71. The number of amides is 1. The first-order valence-corrected chi connectivity index (χ1v) is 9.84. The number of nitrogens with one attached hydrogen (secondary N) is 1. The molecule has 0 unspecified atom stereocenters. The van der Waals surface area contributed by atoms with Crippen molar-refractivity contribution in [2.45, 2.75) is 19.9 Å². The SMILES string of the molecule is CC(C)n1c(C(=O)Nc2ccc(N3CCOCC3)cc2)cc2sccc21. The van der Waals surface area contributed by atoms with E-state index in [4.69, 9.17) is 4.74 Å². The third-order valence-corrected chi connectivity index (χ3v) is 5.56. The maximum Gasteiger partial charge on any atom is 0.272 e. The Bertz CT molecular complexity index is 905. The summed E-state index contributed by atoms with van der Waals surface area (Å²) in [6.07, 6.45) is 0. The van der Waals surface area contributed by atoms with Crippen LogP contribution in [0, 0.1) is 0 Å². The van der Waals surface area contributed by atoms with E-state index in [2.05, 4.69) is 52.2 Å². The average Bonchev–Trinajstić information content (AvgIpc) is 3.23. The van der Waals surface area contributed by atoms with Crippen LogP contribution in [-0.4, -0.2) is 36.8 Å². The third-order valence-electron chi connectivity index (χ3n) is 4.71. The highest BCUT2D eigenvalue weighted by molar-refractivity contribution is 7.17. The van der Waals surface area contributed by atoms with Crippen LogP contribution in [0.3, 0.4) is 0 Å². The predicted molar refractivity (Wildman–Crippen MR) is 108 cm³/mol. The fraction of sp³-hybridized carbons (Fsp3) is 0.350. The van der Waals surface area contributed by atoms with Gasteiger partial charge in [-0.2, -0.15) is 0 Å². The first kappa shape index (κ1) is 17.1. The highest BCUT2D eigenvalue weighted by Crippen LogP contribution is 2.29. The van der Waals surface area contributed by atoms with Gasteiger partial charge in [0.05, 0.1) is 23.4 Å². The number of nitrogens with zero attached hydrogens (tertiary/aromatic N) is 2. The number of thiophene rings is 1. The number of hydrogen-bond acceptors (Lipinski definition) is 4. The van der Waals surface area contributed by atoms with Gasteiger partial charge in [-0.25, -0.2) is 0 Å². The lowest BCUT2D eigenvalue weighted by atomic mass is 10.2. The lowest BCUT2D eigenvalue weighted by Crippen LogP contribution is -2.36. The van der Waals surface area contributed by atoms with E-state index in [-0.39, 0.29) is 11.9 Å². The van der Waals surface area contributed by atoms with Gasteiger partial charge in [-0.15, -0.1) is 11.3 Å². The Morgan fingerprint density at radius 2 is 1.88 bits per heavy atom. The zero-order chi connectivity index (χ0) is 18.1. The van der Waals surface area contributed by atoms with Gasteiger partial charge in [0, 0.05) is 30.5 Å². The smallest absolute Gasteiger partial charge is 0.272 e. The second kappa shape index (κ2) is 7.13. The Hall–Kier alpha value is -2.31. The zero-order valence-electron chi connectivity index (χ0n) is 15.1. The minimum absolute atomic E-state index is 0.0683. The highest BCUT2D eigenvalue weighted by Gasteiger charge is 2.18. The maximum atomic E-state index is 12.8. The lowest BCUT2D eigenvalue weighted by molar-refractivity contribution is 0.101. The van der Waals surface area contributed by atoms with Gasteiger partial charge in [-0.05, 0) is 55.6 Å². The quantitative estimate of drug-likeness (QED) is 0.743. The van der Waals surface area contributed by atoms with Gasteiger partial charge < -0.3 is 19.5 Å². The molecule has 0 bridgehead atoms. The van der Waals surface area contributed by atoms with Gasteiger partial charge in [0.2, 0.25) is 0 Å². The van der Waals surface area contributed by atoms with E-state index in [1.165, 1.54) is 0 Å². The van der Waals surface area contributed by atoms with Crippen molar-refractivity contribution in [3.63, 3.8) is 0 Å². The summed E-state index contributed by atoms with van der Waals surface area (Å²) >= 11 is 1.66. The van der Waals surface area contributed by atoms with Gasteiger partial charge >= 0.3 is 0 Å². The monoisotopic (exact) mass is 369 g/mol. The summed E-state index contributed by atoms with van der Waals surface area (Å²) in [7, 11) is 0. The number of benzene rings is 1. The van der Waals surface area contributed by atoms with Crippen molar-refractivity contribution in [2.24, 2.45) is 0 Å². The van der Waals surface area contributed by atoms with Crippen molar-refractivity contribution < 1.29 is 9.53 Å². The molecule has 1 aromatic carbocycles. The van der Waals surface area contributed by atoms with E-state index in [9.17, 15) is 4.79 Å². The number of carbonyl (C=O) groups is 1. The molecule has 2 aromatic heterocycles. The number of morpholine rings is 1. The molecule has 26 heavy (non-hydrogen) atoms. The van der Waals surface area contributed by atoms with Crippen LogP contribution >= 0.6 is 11.3 Å². The number of anilines is 2. The number of hydrogen-bond donors (Lipinski definition) is 1. The Kier molecular flexibility index (Phi) is 4.70. The number of aromatic nitrogens is 1. The van der Waals surface area contributed by atoms with Crippen LogP contribution in [0.15, 0.2) is 41.8 Å². The number of fused-ring (bicyclic) bond motifs is 1. The van der Waals surface area contributed by atoms with E-state index < -0.39 is 0 Å². The van der Waals surface area contributed by atoms with Crippen LogP contribution in [0.2, 0.25) is 0 Å². The second-order valence-electron chi connectivity index (χ2n) is 6.76. The maximum absolute atomic E-state index is 12.8. The molecule has 0 aliphatic carbocycles. The fourth-order valence-electron chi connectivity index (χ4n) is 3.45. The van der Waals surface area contributed by atoms with Gasteiger partial charge in [0.25, 0.3) is 5.91 Å². The Labute approximate surface area is 157 Å². The summed E-state index contributed by atoms with van der Waals surface area (Å²) in [4.78, 5) is 15.1. The molecule has 6 heteroatoms. The van der Waals surface area contributed by atoms with E-state index in [1.807, 2.05) is 18.2 Å². The molecule has 1 fully saturated rings. The minimum Gasteiger partial charge on any atom is -0.378 e. The van der Waals surface area contributed by atoms with Crippen molar-refractivity contribution in [2.75, 3.05) is 36.5 Å². The van der Waals surface area contributed by atoms with Gasteiger partial charge in [-0.3, -0.25) is 4.79 Å². The van der Waals surface area contributed by atoms with Crippen LogP contribution in [0.4, 0.5) is 11.4 Å². The van der Waals surface area contributed by atoms with E-state index >= 15 is 0 Å². The third kappa shape index (κ3) is 3.22.